The van der Waals surface area contributed by atoms with Gasteiger partial charge in [-0.05, 0) is 57.5 Å². The Bertz CT molecular complexity index is 219. The lowest BCUT2D eigenvalue weighted by Crippen LogP contribution is -2.44. The van der Waals surface area contributed by atoms with Gasteiger partial charge in [0, 0.05) is 18.6 Å². The molecule has 1 saturated heterocycles. The monoisotopic (exact) mass is 252 g/mol. The fourth-order valence-corrected chi connectivity index (χ4v) is 3.42. The number of rotatable bonds is 8. The Morgan fingerprint density at radius 2 is 2.06 bits per heavy atom. The summed E-state index contributed by atoms with van der Waals surface area (Å²) in [4.78, 5) is 2.88. The van der Waals surface area contributed by atoms with E-state index in [0.29, 0.717) is 0 Å². The lowest BCUT2D eigenvalue weighted by molar-refractivity contribution is 0.132. The third kappa shape index (κ3) is 4.24. The van der Waals surface area contributed by atoms with Crippen molar-refractivity contribution in [3.8, 4) is 0 Å². The summed E-state index contributed by atoms with van der Waals surface area (Å²) < 4.78 is 0. The maximum atomic E-state index is 3.57. The molecule has 1 saturated carbocycles. The topological polar surface area (TPSA) is 15.3 Å². The van der Waals surface area contributed by atoms with Gasteiger partial charge in [-0.15, -0.1) is 0 Å². The maximum Gasteiger partial charge on any atom is 0.00994 e. The fraction of sp³-hybridized carbons (Fsp3) is 1.00. The Labute approximate surface area is 114 Å². The van der Waals surface area contributed by atoms with Gasteiger partial charge < -0.3 is 5.32 Å². The first kappa shape index (κ1) is 14.3. The third-order valence-corrected chi connectivity index (χ3v) is 4.72. The molecule has 18 heavy (non-hydrogen) atoms. The van der Waals surface area contributed by atoms with E-state index in [9.17, 15) is 0 Å². The molecule has 1 aliphatic heterocycles. The van der Waals surface area contributed by atoms with Crippen LogP contribution >= 0.6 is 0 Å². The van der Waals surface area contributed by atoms with Crippen LogP contribution < -0.4 is 5.32 Å². The first-order valence-electron chi connectivity index (χ1n) is 8.31. The van der Waals surface area contributed by atoms with Gasteiger partial charge in [0.1, 0.15) is 0 Å². The van der Waals surface area contributed by atoms with Crippen molar-refractivity contribution in [1.29, 1.82) is 0 Å². The number of hydrogen-bond acceptors (Lipinski definition) is 2. The van der Waals surface area contributed by atoms with Crippen molar-refractivity contribution in [1.82, 2.24) is 10.2 Å². The molecule has 0 bridgehead atoms. The zero-order chi connectivity index (χ0) is 12.8. The van der Waals surface area contributed by atoms with Crippen molar-refractivity contribution in [2.75, 3.05) is 19.6 Å². The highest BCUT2D eigenvalue weighted by molar-refractivity contribution is 4.90. The molecule has 1 heterocycles. The van der Waals surface area contributed by atoms with E-state index in [4.69, 9.17) is 0 Å². The number of hydrogen-bond donors (Lipinski definition) is 1. The summed E-state index contributed by atoms with van der Waals surface area (Å²) in [5.74, 6) is 0.912. The first-order valence-corrected chi connectivity index (χ1v) is 8.31. The van der Waals surface area contributed by atoms with E-state index in [0.717, 1.165) is 18.0 Å². The molecule has 0 radical (unpaired) electrons. The number of nitrogens with zero attached hydrogens (tertiary/aromatic N) is 1. The largest absolute Gasteiger partial charge is 0.316 e. The molecule has 2 unspecified atom stereocenters. The molecule has 1 aliphatic carbocycles. The molecule has 2 rings (SSSR count). The van der Waals surface area contributed by atoms with E-state index in [1.165, 1.54) is 71.0 Å². The quantitative estimate of drug-likeness (QED) is 0.712. The Morgan fingerprint density at radius 1 is 1.22 bits per heavy atom. The van der Waals surface area contributed by atoms with Crippen molar-refractivity contribution >= 4 is 0 Å². The highest BCUT2D eigenvalue weighted by atomic mass is 15.2. The Morgan fingerprint density at radius 3 is 2.61 bits per heavy atom. The summed E-state index contributed by atoms with van der Waals surface area (Å²) in [7, 11) is 0. The van der Waals surface area contributed by atoms with E-state index in [-0.39, 0.29) is 0 Å². The van der Waals surface area contributed by atoms with E-state index in [2.05, 4.69) is 24.1 Å². The van der Waals surface area contributed by atoms with Crippen LogP contribution in [-0.2, 0) is 0 Å². The SMILES string of the molecule is CCCCC(CC)N(CC1CCCNC1)C1CC1. The lowest BCUT2D eigenvalue weighted by Gasteiger charge is -2.36. The number of piperidine rings is 1. The van der Waals surface area contributed by atoms with E-state index in [1.807, 2.05) is 0 Å². The number of nitrogens with one attached hydrogen (secondary N) is 1. The molecule has 2 aliphatic rings. The second kappa shape index (κ2) is 7.49. The van der Waals surface area contributed by atoms with Gasteiger partial charge in [-0.2, -0.15) is 0 Å². The highest BCUT2D eigenvalue weighted by Gasteiger charge is 2.34. The predicted octanol–water partition coefficient (Wildman–Crippen LogP) is 3.42. The van der Waals surface area contributed by atoms with Crippen LogP contribution in [0.3, 0.4) is 0 Å². The summed E-state index contributed by atoms with van der Waals surface area (Å²) in [5, 5.41) is 3.57. The minimum Gasteiger partial charge on any atom is -0.316 e. The van der Waals surface area contributed by atoms with E-state index in [1.54, 1.807) is 0 Å². The molecule has 2 atom stereocenters. The summed E-state index contributed by atoms with van der Waals surface area (Å²) in [6.45, 7) is 8.56. The average Bonchev–Trinajstić information content (AvgIpc) is 3.23. The van der Waals surface area contributed by atoms with Gasteiger partial charge in [0.25, 0.3) is 0 Å². The lowest BCUT2D eigenvalue weighted by atomic mass is 9.96. The summed E-state index contributed by atoms with van der Waals surface area (Å²) in [6.07, 6.45) is 11.3. The van der Waals surface area contributed by atoms with Gasteiger partial charge in [-0.1, -0.05) is 26.7 Å². The van der Waals surface area contributed by atoms with Crippen molar-refractivity contribution in [2.24, 2.45) is 5.92 Å². The molecule has 106 valence electrons. The van der Waals surface area contributed by atoms with Crippen molar-refractivity contribution < 1.29 is 0 Å². The van der Waals surface area contributed by atoms with Gasteiger partial charge >= 0.3 is 0 Å². The molecule has 0 amide bonds. The minimum absolute atomic E-state index is 0.861. The van der Waals surface area contributed by atoms with Crippen LogP contribution in [0.2, 0.25) is 0 Å². The summed E-state index contributed by atoms with van der Waals surface area (Å²) >= 11 is 0. The Hall–Kier alpha value is -0.0800. The van der Waals surface area contributed by atoms with Crippen LogP contribution in [0.5, 0.6) is 0 Å². The van der Waals surface area contributed by atoms with Gasteiger partial charge in [0.15, 0.2) is 0 Å². The van der Waals surface area contributed by atoms with Crippen LogP contribution in [-0.4, -0.2) is 36.6 Å². The van der Waals surface area contributed by atoms with Crippen LogP contribution in [0, 0.1) is 5.92 Å². The van der Waals surface area contributed by atoms with Gasteiger partial charge in [0.2, 0.25) is 0 Å². The van der Waals surface area contributed by atoms with Crippen LogP contribution in [0.15, 0.2) is 0 Å². The zero-order valence-electron chi connectivity index (χ0n) is 12.5. The Balaban J connectivity index is 1.84. The molecule has 2 heteroatoms. The first-order chi connectivity index (χ1) is 8.85. The minimum atomic E-state index is 0.861. The second-order valence-electron chi connectivity index (χ2n) is 6.34. The molecule has 0 spiro atoms. The molecular weight excluding hydrogens is 220 g/mol. The van der Waals surface area contributed by atoms with Crippen LogP contribution in [0.25, 0.3) is 0 Å². The molecule has 1 N–H and O–H groups in total. The highest BCUT2D eigenvalue weighted by Crippen LogP contribution is 2.32. The number of unbranched alkanes of at least 4 members (excludes halogenated alkanes) is 1. The van der Waals surface area contributed by atoms with E-state index >= 15 is 0 Å². The molecule has 2 nitrogen and oxygen atoms in total. The van der Waals surface area contributed by atoms with Crippen molar-refractivity contribution in [3.63, 3.8) is 0 Å². The second-order valence-corrected chi connectivity index (χ2v) is 6.34. The predicted molar refractivity (Wildman–Crippen MR) is 78.9 cm³/mol. The Kier molecular flexibility index (Phi) is 5.97. The van der Waals surface area contributed by atoms with Crippen molar-refractivity contribution in [3.05, 3.63) is 0 Å². The van der Waals surface area contributed by atoms with Crippen LogP contribution in [0.4, 0.5) is 0 Å². The molecular formula is C16H32N2. The average molecular weight is 252 g/mol. The zero-order valence-corrected chi connectivity index (χ0v) is 12.5. The van der Waals surface area contributed by atoms with E-state index < -0.39 is 0 Å². The summed E-state index contributed by atoms with van der Waals surface area (Å²) in [6, 6.07) is 1.80. The van der Waals surface area contributed by atoms with Gasteiger partial charge in [-0.3, -0.25) is 4.90 Å². The maximum absolute atomic E-state index is 3.57. The molecule has 0 aromatic carbocycles. The normalized spacial score (nSPS) is 26.5. The van der Waals surface area contributed by atoms with Gasteiger partial charge in [-0.25, -0.2) is 0 Å². The molecule has 0 aromatic rings. The molecule has 2 fully saturated rings. The standard InChI is InChI=1S/C16H32N2/c1-3-5-8-15(4-2)18(16-9-10-16)13-14-7-6-11-17-12-14/h14-17H,3-13H2,1-2H3. The third-order valence-electron chi connectivity index (χ3n) is 4.72. The van der Waals surface area contributed by atoms with Crippen LogP contribution in [0.1, 0.15) is 65.2 Å². The smallest absolute Gasteiger partial charge is 0.00994 e. The van der Waals surface area contributed by atoms with Gasteiger partial charge in [0.05, 0.1) is 0 Å². The molecule has 0 aromatic heterocycles. The fourth-order valence-electron chi connectivity index (χ4n) is 3.42. The summed E-state index contributed by atoms with van der Waals surface area (Å²) in [5.41, 5.74) is 0. The van der Waals surface area contributed by atoms with Crippen molar-refractivity contribution in [2.45, 2.75) is 77.3 Å².